The summed E-state index contributed by atoms with van der Waals surface area (Å²) in [5.74, 6) is 0. The van der Waals surface area contributed by atoms with E-state index in [0.29, 0.717) is 22.0 Å². The Bertz CT molecular complexity index is 884. The summed E-state index contributed by atoms with van der Waals surface area (Å²) in [7, 11) is 0. The number of nitro groups is 1. The van der Waals surface area contributed by atoms with Crippen molar-refractivity contribution in [2.24, 2.45) is 5.10 Å². The number of aryl methyl sites for hydroxylation is 1. The van der Waals surface area contributed by atoms with Gasteiger partial charge in [-0.1, -0.05) is 35.6 Å². The molecule has 0 unspecified atom stereocenters. The quantitative estimate of drug-likeness (QED) is 0.439. The number of para-hydroxylation sites is 1. The van der Waals surface area contributed by atoms with E-state index in [9.17, 15) is 10.1 Å². The average molecular weight is 326 g/mol. The van der Waals surface area contributed by atoms with Gasteiger partial charge in [-0.15, -0.1) is 0 Å². The van der Waals surface area contributed by atoms with Crippen LogP contribution in [0.15, 0.2) is 47.6 Å². The van der Waals surface area contributed by atoms with E-state index in [1.807, 2.05) is 30.3 Å². The molecule has 0 amide bonds. The molecule has 0 saturated carbocycles. The summed E-state index contributed by atoms with van der Waals surface area (Å²) in [6, 6.07) is 12.9. The van der Waals surface area contributed by atoms with E-state index >= 15 is 0 Å². The van der Waals surface area contributed by atoms with Crippen LogP contribution >= 0.6 is 11.3 Å². The van der Waals surface area contributed by atoms with Crippen LogP contribution in [-0.2, 0) is 0 Å². The van der Waals surface area contributed by atoms with Crippen molar-refractivity contribution in [2.75, 3.05) is 5.43 Å². The second-order valence-corrected chi connectivity index (χ2v) is 6.08. The smallest absolute Gasteiger partial charge is 0.258 e. The van der Waals surface area contributed by atoms with E-state index < -0.39 is 0 Å². The van der Waals surface area contributed by atoms with Crippen molar-refractivity contribution in [3.8, 4) is 0 Å². The van der Waals surface area contributed by atoms with Crippen LogP contribution in [0.4, 0.5) is 10.8 Å². The van der Waals surface area contributed by atoms with Crippen molar-refractivity contribution in [3.05, 3.63) is 63.7 Å². The van der Waals surface area contributed by atoms with Crippen LogP contribution in [0.25, 0.3) is 10.2 Å². The molecule has 3 aromatic rings. The molecule has 1 heterocycles. The normalized spacial score (nSPS) is 11.7. The van der Waals surface area contributed by atoms with Crippen LogP contribution in [0.5, 0.6) is 0 Å². The third kappa shape index (κ3) is 3.19. The molecular formula is C16H14N4O2S. The lowest BCUT2D eigenvalue weighted by molar-refractivity contribution is -0.385. The Morgan fingerprint density at radius 3 is 2.83 bits per heavy atom. The number of nitro benzene ring substituents is 1. The molecular weight excluding hydrogens is 312 g/mol. The van der Waals surface area contributed by atoms with E-state index in [0.717, 1.165) is 10.2 Å². The van der Waals surface area contributed by atoms with Gasteiger partial charge in [-0.3, -0.25) is 15.5 Å². The number of benzene rings is 2. The topological polar surface area (TPSA) is 80.4 Å². The Morgan fingerprint density at radius 1 is 1.30 bits per heavy atom. The number of fused-ring (bicyclic) bond motifs is 1. The monoisotopic (exact) mass is 326 g/mol. The highest BCUT2D eigenvalue weighted by Gasteiger charge is 2.12. The van der Waals surface area contributed by atoms with E-state index in [1.165, 1.54) is 17.4 Å². The largest absolute Gasteiger partial charge is 0.272 e. The van der Waals surface area contributed by atoms with Gasteiger partial charge in [0.05, 0.1) is 20.9 Å². The molecule has 7 heteroatoms. The van der Waals surface area contributed by atoms with Gasteiger partial charge >= 0.3 is 0 Å². The predicted molar refractivity (Wildman–Crippen MR) is 93.3 cm³/mol. The maximum atomic E-state index is 11.0. The second-order valence-electron chi connectivity index (χ2n) is 5.05. The van der Waals surface area contributed by atoms with Crippen molar-refractivity contribution in [1.29, 1.82) is 0 Å². The highest BCUT2D eigenvalue weighted by Crippen LogP contribution is 2.25. The number of hydrogen-bond acceptors (Lipinski definition) is 6. The molecule has 0 aliphatic rings. The predicted octanol–water partition coefficient (Wildman–Crippen LogP) is 4.35. The molecule has 116 valence electrons. The minimum Gasteiger partial charge on any atom is -0.258 e. The Kier molecular flexibility index (Phi) is 4.03. The summed E-state index contributed by atoms with van der Waals surface area (Å²) in [5, 5.41) is 16.0. The molecule has 1 aromatic heterocycles. The average Bonchev–Trinajstić information content (AvgIpc) is 2.95. The molecule has 0 aliphatic carbocycles. The first-order chi connectivity index (χ1) is 11.0. The van der Waals surface area contributed by atoms with Crippen LogP contribution < -0.4 is 5.43 Å². The molecule has 0 atom stereocenters. The fraction of sp³-hybridized carbons (Fsp3) is 0.125. The van der Waals surface area contributed by atoms with Gasteiger partial charge in [0.2, 0.25) is 5.13 Å². The standard InChI is InChI=1S/C16H14N4O2S/c1-10-7-8-12(9-14(10)20(21)22)11(2)18-19-16-17-13-5-3-4-6-15(13)23-16/h3-9H,1-2H3,(H,17,19)/b18-11-. The highest BCUT2D eigenvalue weighted by molar-refractivity contribution is 7.22. The first-order valence-electron chi connectivity index (χ1n) is 6.96. The molecule has 0 bridgehead atoms. The van der Waals surface area contributed by atoms with Gasteiger partial charge in [0, 0.05) is 17.2 Å². The number of aromatic nitrogens is 1. The summed E-state index contributed by atoms with van der Waals surface area (Å²) in [4.78, 5) is 15.1. The number of hydrogen-bond donors (Lipinski definition) is 1. The van der Waals surface area contributed by atoms with Crippen LogP contribution in [0.2, 0.25) is 0 Å². The highest BCUT2D eigenvalue weighted by atomic mass is 32.1. The molecule has 0 fully saturated rings. The molecule has 2 aromatic carbocycles. The first kappa shape index (κ1) is 15.1. The van der Waals surface area contributed by atoms with Crippen molar-refractivity contribution < 1.29 is 4.92 Å². The molecule has 1 N–H and O–H groups in total. The van der Waals surface area contributed by atoms with Gasteiger partial charge < -0.3 is 0 Å². The van der Waals surface area contributed by atoms with Crippen molar-refractivity contribution in [1.82, 2.24) is 4.98 Å². The van der Waals surface area contributed by atoms with Gasteiger partial charge in [-0.05, 0) is 26.0 Å². The van der Waals surface area contributed by atoms with Gasteiger partial charge in [0.15, 0.2) is 0 Å². The number of hydrazone groups is 1. The lowest BCUT2D eigenvalue weighted by atomic mass is 10.1. The van der Waals surface area contributed by atoms with Gasteiger partial charge in [-0.25, -0.2) is 4.98 Å². The number of nitrogens with one attached hydrogen (secondary N) is 1. The molecule has 23 heavy (non-hydrogen) atoms. The zero-order chi connectivity index (χ0) is 16.4. The summed E-state index contributed by atoms with van der Waals surface area (Å²) in [6.07, 6.45) is 0. The number of nitrogens with zero attached hydrogens (tertiary/aromatic N) is 3. The van der Waals surface area contributed by atoms with Gasteiger partial charge in [0.25, 0.3) is 5.69 Å². The summed E-state index contributed by atoms with van der Waals surface area (Å²) in [5.41, 5.74) is 5.93. The SMILES string of the molecule is C/C(=N/Nc1nc2ccccc2s1)c1ccc(C)c([N+](=O)[O-])c1. The Morgan fingerprint density at radius 2 is 2.09 bits per heavy atom. The minimum atomic E-state index is -0.382. The molecule has 0 spiro atoms. The van der Waals surface area contributed by atoms with Crippen LogP contribution in [0.1, 0.15) is 18.1 Å². The first-order valence-corrected chi connectivity index (χ1v) is 7.77. The molecule has 3 rings (SSSR count). The summed E-state index contributed by atoms with van der Waals surface area (Å²) >= 11 is 1.51. The molecule has 0 aliphatic heterocycles. The summed E-state index contributed by atoms with van der Waals surface area (Å²) < 4.78 is 1.08. The van der Waals surface area contributed by atoms with Crippen molar-refractivity contribution in [3.63, 3.8) is 0 Å². The lowest BCUT2D eigenvalue weighted by Crippen LogP contribution is -2.01. The second kappa shape index (κ2) is 6.13. The molecule has 0 saturated heterocycles. The Balaban J connectivity index is 1.84. The van der Waals surface area contributed by atoms with Crippen molar-refractivity contribution >= 4 is 38.1 Å². The van der Waals surface area contributed by atoms with E-state index in [2.05, 4.69) is 15.5 Å². The minimum absolute atomic E-state index is 0.0945. The summed E-state index contributed by atoms with van der Waals surface area (Å²) in [6.45, 7) is 3.52. The Labute approximate surface area is 136 Å². The number of thiazole rings is 1. The van der Waals surface area contributed by atoms with E-state index in [4.69, 9.17) is 0 Å². The molecule has 0 radical (unpaired) electrons. The van der Waals surface area contributed by atoms with Gasteiger partial charge in [-0.2, -0.15) is 5.10 Å². The van der Waals surface area contributed by atoms with Crippen LogP contribution in [0.3, 0.4) is 0 Å². The fourth-order valence-electron chi connectivity index (χ4n) is 2.15. The fourth-order valence-corrected chi connectivity index (χ4v) is 2.96. The maximum absolute atomic E-state index is 11.0. The maximum Gasteiger partial charge on any atom is 0.272 e. The number of anilines is 1. The van der Waals surface area contributed by atoms with Crippen molar-refractivity contribution in [2.45, 2.75) is 13.8 Å². The molecule has 6 nitrogen and oxygen atoms in total. The van der Waals surface area contributed by atoms with Gasteiger partial charge in [0.1, 0.15) is 0 Å². The van der Waals surface area contributed by atoms with E-state index in [1.54, 1.807) is 19.9 Å². The zero-order valence-corrected chi connectivity index (χ0v) is 13.4. The zero-order valence-electron chi connectivity index (χ0n) is 12.6. The lowest BCUT2D eigenvalue weighted by Gasteiger charge is -2.03. The van der Waals surface area contributed by atoms with Crippen LogP contribution in [-0.4, -0.2) is 15.6 Å². The van der Waals surface area contributed by atoms with Crippen LogP contribution in [0, 0.1) is 17.0 Å². The van der Waals surface area contributed by atoms with E-state index in [-0.39, 0.29) is 10.6 Å². The third-order valence-electron chi connectivity index (χ3n) is 3.44. The Hall–Kier alpha value is -2.80. The number of rotatable bonds is 4. The third-order valence-corrected chi connectivity index (χ3v) is 4.38.